The second kappa shape index (κ2) is 43.1. The predicted octanol–water partition coefficient (Wildman–Crippen LogP) is 8.51. The molecule has 1 aliphatic heterocycles. The lowest BCUT2D eigenvalue weighted by Gasteiger charge is -2.49. The molecule has 1 rings (SSSR count). The van der Waals surface area contributed by atoms with Crippen LogP contribution in [-0.4, -0.2) is 141 Å². The normalized spacial score (nSPS) is 21.1. The number of unbranched alkanes of at least 4 members (excludes halogenated alkanes) is 28. The van der Waals surface area contributed by atoms with Crippen LogP contribution in [0.25, 0.3) is 0 Å². The van der Waals surface area contributed by atoms with Gasteiger partial charge in [-0.2, -0.15) is 0 Å². The van der Waals surface area contributed by atoms with Crippen LogP contribution < -0.4 is 10.6 Å². The number of Topliss-reactive ketones (excluding diaryl/α,β-unsaturated/α-hetero) is 2. The van der Waals surface area contributed by atoms with E-state index in [-0.39, 0.29) is 44.1 Å². The monoisotopic (exact) mass is 1070 g/mol. The van der Waals surface area contributed by atoms with Crippen molar-refractivity contribution in [2.45, 2.75) is 275 Å². The zero-order chi connectivity index (χ0) is 54.2. The summed E-state index contributed by atoms with van der Waals surface area (Å²) in [6.07, 6.45) is 26.4. The molecule has 0 spiro atoms. The third-order valence-corrected chi connectivity index (χ3v) is 14.9. The fraction of sp³-hybridized carbons (Fsp3) is 0.926. The molecule has 1 fully saturated rings. The number of aliphatic carboxylic acids is 1. The van der Waals surface area contributed by atoms with Crippen LogP contribution in [0.2, 0.25) is 0 Å². The quantitative estimate of drug-likeness (QED) is 0.0204. The van der Waals surface area contributed by atoms with E-state index in [1.54, 1.807) is 0 Å². The number of aliphatic hydroxyl groups excluding tert-OH is 5. The summed E-state index contributed by atoms with van der Waals surface area (Å²) >= 11 is 0. The van der Waals surface area contributed by atoms with Crippen molar-refractivity contribution < 1.29 is 77.8 Å². The van der Waals surface area contributed by atoms with Crippen LogP contribution in [0.4, 0.5) is 0 Å². The van der Waals surface area contributed by atoms with Crippen molar-refractivity contribution in [3.05, 3.63) is 0 Å². The van der Waals surface area contributed by atoms with Gasteiger partial charge in [-0.25, -0.2) is 9.36 Å². The maximum Gasteiger partial charge on any atom is 0.472 e. The van der Waals surface area contributed by atoms with Gasteiger partial charge in [0.15, 0.2) is 0 Å². The van der Waals surface area contributed by atoms with Gasteiger partial charge >= 0.3 is 13.8 Å². The highest BCUT2D eigenvalue weighted by atomic mass is 31.2. The zero-order valence-corrected chi connectivity index (χ0v) is 46.3. The summed E-state index contributed by atoms with van der Waals surface area (Å²) < 4.78 is 34.2. The minimum absolute atomic E-state index is 0.0827. The second-order valence-corrected chi connectivity index (χ2v) is 21.9. The summed E-state index contributed by atoms with van der Waals surface area (Å²) in [5, 5.41) is 66.7. The van der Waals surface area contributed by atoms with Gasteiger partial charge in [0.2, 0.25) is 5.91 Å². The van der Waals surface area contributed by atoms with Gasteiger partial charge in [0.05, 0.1) is 32.5 Å². The largest absolute Gasteiger partial charge is 0.477 e. The number of ketones is 2. The van der Waals surface area contributed by atoms with Gasteiger partial charge in [-0.15, -0.1) is 0 Å². The van der Waals surface area contributed by atoms with E-state index in [0.717, 1.165) is 51.9 Å². The summed E-state index contributed by atoms with van der Waals surface area (Å²) in [5.41, 5.74) is 0. The van der Waals surface area contributed by atoms with Gasteiger partial charge in [-0.1, -0.05) is 194 Å². The Kier molecular flexibility index (Phi) is 40.8. The molecule has 430 valence electrons. The van der Waals surface area contributed by atoms with Gasteiger partial charge in [0, 0.05) is 45.2 Å². The molecule has 1 saturated heterocycles. The Labute approximate surface area is 438 Å². The van der Waals surface area contributed by atoms with E-state index < -0.39 is 87.8 Å². The number of rotatable bonds is 51. The third kappa shape index (κ3) is 31.8. The van der Waals surface area contributed by atoms with Crippen LogP contribution in [0.15, 0.2) is 0 Å². The van der Waals surface area contributed by atoms with Crippen molar-refractivity contribution >= 4 is 31.3 Å². The molecular weight excluding hydrogens is 964 g/mol. The summed E-state index contributed by atoms with van der Waals surface area (Å²) in [5.74, 6) is -6.80. The van der Waals surface area contributed by atoms with Gasteiger partial charge in [0.1, 0.15) is 42.1 Å². The Morgan fingerprint density at radius 1 is 0.644 bits per heavy atom. The molecule has 18 nitrogen and oxygen atoms in total. The Morgan fingerprint density at radius 3 is 1.49 bits per heavy atom. The molecule has 0 aromatic carbocycles. The van der Waals surface area contributed by atoms with E-state index in [0.29, 0.717) is 12.8 Å². The molecule has 9 atom stereocenters. The minimum Gasteiger partial charge on any atom is -0.477 e. The second-order valence-electron chi connectivity index (χ2n) is 20.5. The first kappa shape index (κ1) is 69.1. The lowest BCUT2D eigenvalue weighted by Crippen LogP contribution is -2.74. The Balaban J connectivity index is 2.63. The summed E-state index contributed by atoms with van der Waals surface area (Å²) in [6, 6.07) is -1.61. The number of carboxylic acids is 1. The lowest BCUT2D eigenvalue weighted by atomic mass is 9.86. The van der Waals surface area contributed by atoms with Crippen molar-refractivity contribution in [2.24, 2.45) is 5.92 Å². The highest BCUT2D eigenvalue weighted by Crippen LogP contribution is 2.43. The lowest BCUT2D eigenvalue weighted by molar-refractivity contribution is -0.346. The van der Waals surface area contributed by atoms with Crippen molar-refractivity contribution in [3.8, 4) is 0 Å². The third-order valence-electron chi connectivity index (χ3n) is 13.9. The number of carboxylic acid groups (broad SMARTS) is 1. The molecule has 19 heteroatoms. The fourth-order valence-electron chi connectivity index (χ4n) is 9.40. The Morgan fingerprint density at radius 2 is 1.07 bits per heavy atom. The minimum atomic E-state index is -4.69. The Bertz CT molecular complexity index is 1480. The molecule has 73 heavy (non-hydrogen) atoms. The van der Waals surface area contributed by atoms with Crippen molar-refractivity contribution in [3.63, 3.8) is 0 Å². The molecular formula is C54H103N2O16P. The van der Waals surface area contributed by atoms with E-state index >= 15 is 0 Å². The highest BCUT2D eigenvalue weighted by molar-refractivity contribution is 7.47. The average molecular weight is 1070 g/mol. The van der Waals surface area contributed by atoms with Crippen molar-refractivity contribution in [1.82, 2.24) is 10.6 Å². The predicted molar refractivity (Wildman–Crippen MR) is 282 cm³/mol. The smallest absolute Gasteiger partial charge is 0.472 e. The van der Waals surface area contributed by atoms with Gasteiger partial charge in [-0.05, 0) is 12.8 Å². The molecule has 0 aromatic rings. The molecule has 0 aromatic heterocycles. The van der Waals surface area contributed by atoms with Crippen LogP contribution in [0, 0.1) is 5.92 Å². The maximum absolute atomic E-state index is 13.5. The number of nitrogens with one attached hydrogen (secondary N) is 2. The van der Waals surface area contributed by atoms with Crippen LogP contribution in [0.3, 0.4) is 0 Å². The number of hydrogen-bond donors (Lipinski definition) is 9. The zero-order valence-electron chi connectivity index (χ0n) is 45.4. The van der Waals surface area contributed by atoms with E-state index in [1.165, 1.54) is 141 Å². The number of phosphoric acid groups is 1. The number of carbonyl (C=O) groups excluding carboxylic acids is 3. The highest BCUT2D eigenvalue weighted by Gasteiger charge is 2.62. The van der Waals surface area contributed by atoms with E-state index in [9.17, 15) is 59.3 Å². The van der Waals surface area contributed by atoms with Crippen LogP contribution in [-0.2, 0) is 42.3 Å². The molecule has 1 heterocycles. The Hall–Kier alpha value is -1.93. The first-order valence-electron chi connectivity index (χ1n) is 28.6. The summed E-state index contributed by atoms with van der Waals surface area (Å²) in [6.45, 7) is 2.97. The number of aliphatic hydroxyl groups is 5. The topological polar surface area (TPSA) is 288 Å². The number of ether oxygens (including phenoxy) is 2. The number of amides is 1. The standard InChI is InChI=1S/C54H103N2O16P/c1-4-6-8-10-12-14-16-18-20-22-24-26-28-30-32-34-45(59)40-44(46(60)35-33-31-29-27-25-23-21-19-17-15-13-11-9-7-5-2)42-71-73(67,68)70-39-37-55-36-38-69-54(53(65)66)52(64)50(63)48(56-43(3)58)51(72-54)49(62)47(61)41-57/h44,47-52,55,57,61-64H,4-42H2,1-3H3,(H,56,58)(H,65,66)(H,67,68)/t44-,47+,48+,49+,50+,51+,52+,54+/m0/s1. The molecule has 0 aliphatic carbocycles. The van der Waals surface area contributed by atoms with Crippen LogP contribution in [0.1, 0.15) is 233 Å². The number of phosphoric ester groups is 1. The number of hydrogen-bond acceptors (Lipinski definition) is 15. The molecule has 0 saturated carbocycles. The maximum atomic E-state index is 13.5. The van der Waals surface area contributed by atoms with Gasteiger partial charge in [0.25, 0.3) is 5.79 Å². The SMILES string of the molecule is CCCCCCCCCCCCCCCCCC(=O)C[C@@H](COP(=O)(O)OCCNCCO[C@@]1(C(=O)O)O[C@@H]([C@H](O)[C@H](O)CO)[C@H](NC(C)=O)[C@@H](O)[C@H]1O)C(=O)CCCCCCCCCCCCCCCCC. The van der Waals surface area contributed by atoms with E-state index in [4.69, 9.17) is 18.5 Å². The number of carbonyl (C=O) groups is 4. The first-order chi connectivity index (χ1) is 35.1. The summed E-state index contributed by atoms with van der Waals surface area (Å²) in [4.78, 5) is 61.4. The summed E-state index contributed by atoms with van der Waals surface area (Å²) in [7, 11) is -4.69. The molecule has 0 radical (unpaired) electrons. The average Bonchev–Trinajstić information content (AvgIpc) is 3.36. The van der Waals surface area contributed by atoms with Crippen LogP contribution >= 0.6 is 7.82 Å². The van der Waals surface area contributed by atoms with E-state index in [1.807, 2.05) is 0 Å². The van der Waals surface area contributed by atoms with E-state index in [2.05, 4.69) is 24.5 Å². The van der Waals surface area contributed by atoms with Gasteiger partial charge < -0.3 is 55.6 Å². The molecule has 1 unspecified atom stereocenters. The molecule has 1 amide bonds. The molecule has 9 N–H and O–H groups in total. The molecule has 0 bridgehead atoms. The molecule has 1 aliphatic rings. The first-order valence-corrected chi connectivity index (χ1v) is 30.1. The fourth-order valence-corrected chi connectivity index (χ4v) is 10.2. The van der Waals surface area contributed by atoms with Crippen molar-refractivity contribution in [2.75, 3.05) is 39.5 Å². The van der Waals surface area contributed by atoms with Crippen molar-refractivity contribution in [1.29, 1.82) is 0 Å². The van der Waals surface area contributed by atoms with Crippen LogP contribution in [0.5, 0.6) is 0 Å². The van der Waals surface area contributed by atoms with Gasteiger partial charge in [-0.3, -0.25) is 23.4 Å².